The third kappa shape index (κ3) is 1.09. The van der Waals surface area contributed by atoms with Crippen LogP contribution in [0.1, 0.15) is 32.1 Å². The van der Waals surface area contributed by atoms with Gasteiger partial charge in [-0.25, -0.2) is 0 Å². The molecule has 82 valence electrons. The monoisotopic (exact) mass is 208 g/mol. The van der Waals surface area contributed by atoms with Crippen molar-refractivity contribution in [3.8, 4) is 0 Å². The van der Waals surface area contributed by atoms with Gasteiger partial charge in [0.15, 0.2) is 0 Å². The first-order valence-corrected chi connectivity index (χ1v) is 5.64. The quantitative estimate of drug-likeness (QED) is 0.756. The Hall–Kier alpha value is -0.990. The Morgan fingerprint density at radius 3 is 2.93 bits per heavy atom. The third-order valence-electron chi connectivity index (χ3n) is 4.41. The van der Waals surface area contributed by atoms with E-state index in [1.54, 1.807) is 7.11 Å². The SMILES string of the molecule is COC1=C2C[C@H]3C[C@H]1C[C@@](C(=O)O)(C2)C3. The Balaban J connectivity index is 2.04. The lowest BCUT2D eigenvalue weighted by molar-refractivity contribution is -0.156. The lowest BCUT2D eigenvalue weighted by Crippen LogP contribution is -2.47. The molecule has 3 heteroatoms. The highest BCUT2D eigenvalue weighted by Gasteiger charge is 2.55. The van der Waals surface area contributed by atoms with Gasteiger partial charge in [-0.1, -0.05) is 0 Å². The van der Waals surface area contributed by atoms with Crippen LogP contribution in [0.25, 0.3) is 0 Å². The average Bonchev–Trinajstić information content (AvgIpc) is 2.16. The zero-order valence-corrected chi connectivity index (χ0v) is 8.95. The zero-order valence-electron chi connectivity index (χ0n) is 8.95. The highest BCUT2D eigenvalue weighted by Crippen LogP contribution is 2.59. The number of carbonyl (C=O) groups is 1. The second-order valence-corrected chi connectivity index (χ2v) is 5.35. The van der Waals surface area contributed by atoms with Gasteiger partial charge in [-0.2, -0.15) is 0 Å². The summed E-state index contributed by atoms with van der Waals surface area (Å²) < 4.78 is 5.44. The number of carboxylic acid groups (broad SMARTS) is 1. The topological polar surface area (TPSA) is 46.5 Å². The molecular formula is C12H16O3. The van der Waals surface area contributed by atoms with Crippen LogP contribution in [0, 0.1) is 17.3 Å². The summed E-state index contributed by atoms with van der Waals surface area (Å²) in [5.41, 5.74) is 0.849. The molecule has 3 atom stereocenters. The minimum atomic E-state index is -0.593. The van der Waals surface area contributed by atoms with Gasteiger partial charge < -0.3 is 9.84 Å². The minimum Gasteiger partial charge on any atom is -0.501 e. The molecule has 0 aliphatic heterocycles. The molecule has 0 aromatic heterocycles. The molecule has 4 rings (SSSR count). The average molecular weight is 208 g/mol. The van der Waals surface area contributed by atoms with Crippen LogP contribution in [-0.4, -0.2) is 18.2 Å². The van der Waals surface area contributed by atoms with E-state index in [-0.39, 0.29) is 0 Å². The van der Waals surface area contributed by atoms with E-state index in [0.717, 1.165) is 37.9 Å². The highest BCUT2D eigenvalue weighted by atomic mass is 16.5. The first kappa shape index (κ1) is 9.25. The molecule has 4 aliphatic rings. The van der Waals surface area contributed by atoms with E-state index in [1.807, 2.05) is 0 Å². The van der Waals surface area contributed by atoms with Crippen molar-refractivity contribution in [1.29, 1.82) is 0 Å². The number of rotatable bonds is 2. The molecule has 2 saturated carbocycles. The fraction of sp³-hybridized carbons (Fsp3) is 0.750. The van der Waals surface area contributed by atoms with E-state index in [4.69, 9.17) is 4.74 Å². The molecule has 3 nitrogen and oxygen atoms in total. The van der Waals surface area contributed by atoms with E-state index in [2.05, 4.69) is 0 Å². The highest BCUT2D eigenvalue weighted by molar-refractivity contribution is 5.76. The van der Waals surface area contributed by atoms with Crippen molar-refractivity contribution in [3.05, 3.63) is 11.3 Å². The minimum absolute atomic E-state index is 0.391. The molecule has 0 unspecified atom stereocenters. The summed E-state index contributed by atoms with van der Waals surface area (Å²) in [5.74, 6) is 1.51. The van der Waals surface area contributed by atoms with Crippen LogP contribution in [-0.2, 0) is 9.53 Å². The Bertz CT molecular complexity index is 358. The van der Waals surface area contributed by atoms with Crippen molar-refractivity contribution in [2.45, 2.75) is 32.1 Å². The van der Waals surface area contributed by atoms with Gasteiger partial charge in [0.05, 0.1) is 18.3 Å². The largest absolute Gasteiger partial charge is 0.501 e. The summed E-state index contributed by atoms with van der Waals surface area (Å²) in [6.07, 6.45) is 4.64. The molecule has 1 N–H and O–H groups in total. The summed E-state index contributed by atoms with van der Waals surface area (Å²) in [6.45, 7) is 0. The molecular weight excluding hydrogens is 192 g/mol. The molecule has 0 saturated heterocycles. The second kappa shape index (κ2) is 2.77. The summed E-state index contributed by atoms with van der Waals surface area (Å²) in [7, 11) is 1.72. The van der Waals surface area contributed by atoms with Gasteiger partial charge in [-0.05, 0) is 43.6 Å². The Labute approximate surface area is 89.1 Å². The molecule has 0 amide bonds. The predicted molar refractivity (Wildman–Crippen MR) is 54.2 cm³/mol. The molecule has 0 spiro atoms. The van der Waals surface area contributed by atoms with Gasteiger partial charge in [0.25, 0.3) is 0 Å². The number of carboxylic acids is 1. The van der Waals surface area contributed by atoms with Gasteiger partial charge in [0.1, 0.15) is 0 Å². The summed E-state index contributed by atoms with van der Waals surface area (Å²) in [5, 5.41) is 9.37. The number of aliphatic carboxylic acids is 1. The molecule has 0 aromatic rings. The van der Waals surface area contributed by atoms with Crippen LogP contribution in [0.2, 0.25) is 0 Å². The maximum absolute atomic E-state index is 11.4. The second-order valence-electron chi connectivity index (χ2n) is 5.35. The smallest absolute Gasteiger partial charge is 0.309 e. The molecule has 4 bridgehead atoms. The third-order valence-corrected chi connectivity index (χ3v) is 4.41. The van der Waals surface area contributed by atoms with E-state index in [9.17, 15) is 9.90 Å². The Morgan fingerprint density at radius 1 is 1.53 bits per heavy atom. The van der Waals surface area contributed by atoms with Crippen molar-refractivity contribution in [1.82, 2.24) is 0 Å². The van der Waals surface area contributed by atoms with Crippen LogP contribution in [0.15, 0.2) is 11.3 Å². The standard InChI is InChI=1S/C12H16O3/c1-15-10-8-2-7-3-9(10)6-12(4-7,5-8)11(13)14/h7-8H,2-6H2,1H3,(H,13,14)/t7-,8+,12-/m1/s1. The Kier molecular flexibility index (Phi) is 1.71. The first-order chi connectivity index (χ1) is 7.14. The normalized spacial score (nSPS) is 42.2. The summed E-state index contributed by atoms with van der Waals surface area (Å²) in [6, 6.07) is 0. The first-order valence-electron chi connectivity index (χ1n) is 5.64. The predicted octanol–water partition coefficient (Wildman–Crippen LogP) is 2.18. The number of hydrogen-bond donors (Lipinski definition) is 1. The van der Waals surface area contributed by atoms with E-state index in [1.165, 1.54) is 5.57 Å². The van der Waals surface area contributed by atoms with Crippen molar-refractivity contribution in [2.24, 2.45) is 17.3 Å². The number of methoxy groups -OCH3 is 1. The van der Waals surface area contributed by atoms with Crippen molar-refractivity contribution >= 4 is 5.97 Å². The van der Waals surface area contributed by atoms with Crippen LogP contribution < -0.4 is 0 Å². The van der Waals surface area contributed by atoms with Gasteiger partial charge in [0, 0.05) is 5.92 Å². The van der Waals surface area contributed by atoms with E-state index in [0.29, 0.717) is 11.8 Å². The zero-order chi connectivity index (χ0) is 10.6. The van der Waals surface area contributed by atoms with Gasteiger partial charge in [-0.15, -0.1) is 0 Å². The summed E-state index contributed by atoms with van der Waals surface area (Å²) in [4.78, 5) is 11.4. The number of ether oxygens (including phenoxy) is 1. The fourth-order valence-electron chi connectivity index (χ4n) is 4.04. The maximum Gasteiger partial charge on any atom is 0.309 e. The van der Waals surface area contributed by atoms with Crippen LogP contribution >= 0.6 is 0 Å². The van der Waals surface area contributed by atoms with Crippen LogP contribution in [0.4, 0.5) is 0 Å². The van der Waals surface area contributed by atoms with E-state index < -0.39 is 11.4 Å². The molecule has 2 fully saturated rings. The van der Waals surface area contributed by atoms with Gasteiger partial charge >= 0.3 is 5.97 Å². The molecule has 4 aliphatic carbocycles. The fourth-order valence-corrected chi connectivity index (χ4v) is 4.04. The molecule has 0 heterocycles. The Morgan fingerprint density at radius 2 is 2.33 bits per heavy atom. The van der Waals surface area contributed by atoms with Gasteiger partial charge in [-0.3, -0.25) is 4.79 Å². The van der Waals surface area contributed by atoms with Gasteiger partial charge in [0.2, 0.25) is 0 Å². The molecule has 0 radical (unpaired) electrons. The van der Waals surface area contributed by atoms with E-state index >= 15 is 0 Å². The molecule has 0 aromatic carbocycles. The summed E-state index contributed by atoms with van der Waals surface area (Å²) >= 11 is 0. The van der Waals surface area contributed by atoms with Crippen molar-refractivity contribution < 1.29 is 14.6 Å². The maximum atomic E-state index is 11.4. The lowest BCUT2D eigenvalue weighted by Gasteiger charge is -2.51. The van der Waals surface area contributed by atoms with Crippen molar-refractivity contribution in [2.75, 3.05) is 7.11 Å². The number of hydrogen-bond acceptors (Lipinski definition) is 2. The van der Waals surface area contributed by atoms with Crippen LogP contribution in [0.5, 0.6) is 0 Å². The van der Waals surface area contributed by atoms with Crippen molar-refractivity contribution in [3.63, 3.8) is 0 Å². The number of allylic oxidation sites excluding steroid dienone is 2. The lowest BCUT2D eigenvalue weighted by atomic mass is 9.53. The van der Waals surface area contributed by atoms with Crippen LogP contribution in [0.3, 0.4) is 0 Å². The molecule has 15 heavy (non-hydrogen) atoms.